The summed E-state index contributed by atoms with van der Waals surface area (Å²) in [5, 5.41) is 33.7. The Hall–Kier alpha value is -1.70. The number of aliphatic carboxylic acids is 1. The fraction of sp³-hybridized carbons (Fsp3) is 0.824. The molecule has 0 aromatic carbocycles. The van der Waals surface area contributed by atoms with E-state index in [0.29, 0.717) is 30.9 Å². The first-order chi connectivity index (χ1) is 19.2. The zero-order valence-electron chi connectivity index (χ0n) is 26.0. The second kappa shape index (κ2) is 10.8. The lowest BCUT2D eigenvalue weighted by atomic mass is 9.36. The third-order valence-corrected chi connectivity index (χ3v) is 13.2. The molecule has 5 saturated carbocycles. The largest absolute Gasteiger partial charge is 0.478 e. The van der Waals surface area contributed by atoms with Crippen LogP contribution in [0.1, 0.15) is 106 Å². The number of fused-ring (bicyclic) bond motifs is 5. The highest BCUT2D eigenvalue weighted by molar-refractivity contribution is 5.89. The van der Waals surface area contributed by atoms with E-state index in [4.69, 9.17) is 10.5 Å². The van der Waals surface area contributed by atoms with E-state index >= 15 is 0 Å². The van der Waals surface area contributed by atoms with Gasteiger partial charge < -0.3 is 25.8 Å². The van der Waals surface area contributed by atoms with Crippen LogP contribution in [0.25, 0.3) is 0 Å². The molecular formula is C34H53NO6. The van der Waals surface area contributed by atoms with Crippen LogP contribution in [0, 0.1) is 45.8 Å². The molecule has 1 unspecified atom stereocenters. The highest BCUT2D eigenvalue weighted by Gasteiger charge is 2.72. The Morgan fingerprint density at radius 2 is 1.76 bits per heavy atom. The molecule has 0 amide bonds. The van der Waals surface area contributed by atoms with Crippen LogP contribution in [0.3, 0.4) is 0 Å². The Kier molecular flexibility index (Phi) is 8.09. The minimum atomic E-state index is -0.925. The van der Waals surface area contributed by atoms with E-state index in [9.17, 15) is 24.9 Å². The number of hydrogen-bond donors (Lipinski definition) is 4. The molecule has 5 N–H and O–H groups in total. The van der Waals surface area contributed by atoms with E-state index in [1.54, 1.807) is 0 Å². The van der Waals surface area contributed by atoms with Crippen molar-refractivity contribution in [1.29, 1.82) is 0 Å². The third kappa shape index (κ3) is 4.55. The fourth-order valence-electron chi connectivity index (χ4n) is 11.3. The van der Waals surface area contributed by atoms with E-state index in [-0.39, 0.29) is 35.2 Å². The Morgan fingerprint density at radius 1 is 1.05 bits per heavy atom. The normalized spacial score (nSPS) is 47.1. The molecule has 0 spiro atoms. The second-order valence-corrected chi connectivity index (χ2v) is 15.1. The van der Waals surface area contributed by atoms with Gasteiger partial charge in [0.05, 0.1) is 12.2 Å². The molecule has 5 aliphatic carbocycles. The van der Waals surface area contributed by atoms with E-state index in [0.717, 1.165) is 56.9 Å². The average Bonchev–Trinajstić information content (AvgIpc) is 3.17. The minimum Gasteiger partial charge on any atom is -0.478 e. The van der Waals surface area contributed by atoms with Crippen molar-refractivity contribution in [3.05, 3.63) is 22.3 Å². The number of allylic oxidation sites excluding steroid dienone is 2. The zero-order valence-corrected chi connectivity index (χ0v) is 26.0. The van der Waals surface area contributed by atoms with Gasteiger partial charge in [0.25, 0.3) is 0 Å². The molecule has 7 heteroatoms. The van der Waals surface area contributed by atoms with Crippen LogP contribution in [-0.2, 0) is 14.3 Å². The molecule has 0 radical (unpaired) electrons. The molecule has 5 rings (SSSR count). The summed E-state index contributed by atoms with van der Waals surface area (Å²) in [7, 11) is 0. The number of ether oxygens (including phenoxy) is 1. The van der Waals surface area contributed by atoms with Crippen molar-refractivity contribution in [1.82, 2.24) is 0 Å². The van der Waals surface area contributed by atoms with Gasteiger partial charge in [-0.05, 0) is 136 Å². The van der Waals surface area contributed by atoms with E-state index in [1.807, 2.05) is 0 Å². The van der Waals surface area contributed by atoms with Crippen LogP contribution in [0.5, 0.6) is 0 Å². The number of esters is 1. The maximum atomic E-state index is 13.2. The highest BCUT2D eigenvalue weighted by Crippen LogP contribution is 2.74. The van der Waals surface area contributed by atoms with Crippen molar-refractivity contribution in [3.63, 3.8) is 0 Å². The summed E-state index contributed by atoms with van der Waals surface area (Å²) in [6, 6.07) is 0. The number of carboxylic acid groups (broad SMARTS) is 1. The van der Waals surface area contributed by atoms with Gasteiger partial charge in [0.2, 0.25) is 0 Å². The molecule has 0 aromatic heterocycles. The number of rotatable bonds is 4. The summed E-state index contributed by atoms with van der Waals surface area (Å²) in [5.41, 5.74) is 9.51. The molecule has 0 saturated heterocycles. The number of nitrogens with two attached hydrogens (primary N) is 1. The Balaban J connectivity index is 1.66. The topological polar surface area (TPSA) is 130 Å². The van der Waals surface area contributed by atoms with E-state index < -0.39 is 35.0 Å². The maximum Gasteiger partial charge on any atom is 0.331 e. The number of carbonyl (C=O) groups excluding carboxylic acids is 1. The van der Waals surface area contributed by atoms with Crippen LogP contribution >= 0.6 is 0 Å². The van der Waals surface area contributed by atoms with Crippen molar-refractivity contribution in [2.24, 2.45) is 51.6 Å². The number of aliphatic hydroxyl groups is 2. The van der Waals surface area contributed by atoms with E-state index in [1.165, 1.54) is 18.1 Å². The first-order valence-electron chi connectivity index (χ1n) is 16.1. The summed E-state index contributed by atoms with van der Waals surface area (Å²) >= 11 is 0. The van der Waals surface area contributed by atoms with Crippen LogP contribution in [0.2, 0.25) is 0 Å². The summed E-state index contributed by atoms with van der Waals surface area (Å²) in [4.78, 5) is 25.6. The Bertz CT molecular complexity index is 1140. The smallest absolute Gasteiger partial charge is 0.331 e. The zero-order chi connectivity index (χ0) is 30.1. The summed E-state index contributed by atoms with van der Waals surface area (Å²) < 4.78 is 6.02. The fourth-order valence-corrected chi connectivity index (χ4v) is 11.3. The molecule has 230 valence electrons. The Morgan fingerprint density at radius 3 is 2.37 bits per heavy atom. The number of carboxylic acids is 1. The maximum absolute atomic E-state index is 13.2. The van der Waals surface area contributed by atoms with E-state index in [2.05, 4.69) is 34.6 Å². The van der Waals surface area contributed by atoms with Gasteiger partial charge in [-0.25, -0.2) is 4.79 Å². The molecule has 0 bridgehead atoms. The van der Waals surface area contributed by atoms with Crippen molar-refractivity contribution in [2.45, 2.75) is 124 Å². The van der Waals surface area contributed by atoms with Gasteiger partial charge in [0, 0.05) is 12.5 Å². The lowest BCUT2D eigenvalue weighted by Gasteiger charge is -2.69. The van der Waals surface area contributed by atoms with Gasteiger partial charge in [0.1, 0.15) is 6.10 Å². The van der Waals surface area contributed by atoms with Gasteiger partial charge in [-0.3, -0.25) is 4.79 Å². The molecule has 5 aliphatic rings. The summed E-state index contributed by atoms with van der Waals surface area (Å²) in [6.45, 7) is 12.7. The van der Waals surface area contributed by atoms with Gasteiger partial charge in [-0.15, -0.1) is 0 Å². The standard InChI is InChI=1S/C34H53NO6/c1-18(2)21-8-7-9-22(14-21)28(31(39)40)29-24-15-26(38)30-32(5)12-11-25(37)19(3)23(32)10-13-34(30,17-35)33(24,6)16-27(29)41-20(4)36/h19,22-27,30,37-38H,7-17,35H2,1-6H3,(H,39,40)/b29-28-/t19-,22?,23-,24-,25+,26+,27-,30-,32-,33-,34+/m0/s1. The molecule has 5 fully saturated rings. The first kappa shape index (κ1) is 30.7. The van der Waals surface area contributed by atoms with Gasteiger partial charge in [-0.2, -0.15) is 0 Å². The summed E-state index contributed by atoms with van der Waals surface area (Å²) in [5.74, 6) is -1.30. The van der Waals surface area contributed by atoms with Crippen LogP contribution in [0.15, 0.2) is 22.3 Å². The number of carbonyl (C=O) groups is 2. The van der Waals surface area contributed by atoms with Crippen molar-refractivity contribution in [2.75, 3.05) is 6.54 Å². The van der Waals surface area contributed by atoms with Gasteiger partial charge in [0.15, 0.2) is 0 Å². The molecule has 0 aromatic rings. The van der Waals surface area contributed by atoms with Crippen molar-refractivity contribution in [3.8, 4) is 0 Å². The minimum absolute atomic E-state index is 0.0625. The number of aliphatic hydroxyl groups excluding tert-OH is 2. The van der Waals surface area contributed by atoms with Crippen LogP contribution < -0.4 is 5.73 Å². The Labute approximate surface area is 246 Å². The van der Waals surface area contributed by atoms with Crippen molar-refractivity contribution < 1.29 is 29.6 Å². The predicted molar refractivity (Wildman–Crippen MR) is 158 cm³/mol. The first-order valence-corrected chi connectivity index (χ1v) is 16.1. The molecule has 11 atom stereocenters. The predicted octanol–water partition coefficient (Wildman–Crippen LogP) is 5.39. The molecule has 0 heterocycles. The average molecular weight is 572 g/mol. The number of hydrogen-bond acceptors (Lipinski definition) is 6. The van der Waals surface area contributed by atoms with Crippen LogP contribution in [-0.4, -0.2) is 52.1 Å². The van der Waals surface area contributed by atoms with Crippen molar-refractivity contribution >= 4 is 11.9 Å². The SMILES string of the molecule is CC(=O)O[C@H]1C[C@@]2(C)[C@@H](C[C@@H](O)[C@H]3[C@@]4(C)CC[C@@H](O)[C@@H](C)[C@@H]4CC[C@@]32CN)/C1=C(/C(=O)O)C1CCCC(=C(C)C)C1. The monoisotopic (exact) mass is 571 g/mol. The molecule has 41 heavy (non-hydrogen) atoms. The second-order valence-electron chi connectivity index (χ2n) is 15.1. The quantitative estimate of drug-likeness (QED) is 0.202. The molecule has 7 nitrogen and oxygen atoms in total. The third-order valence-electron chi connectivity index (χ3n) is 13.2. The van der Waals surface area contributed by atoms with Gasteiger partial charge >= 0.3 is 11.9 Å². The highest BCUT2D eigenvalue weighted by atomic mass is 16.5. The lowest BCUT2D eigenvalue weighted by molar-refractivity contribution is -0.237. The lowest BCUT2D eigenvalue weighted by Crippen LogP contribution is -2.68. The molecule has 0 aliphatic heterocycles. The van der Waals surface area contributed by atoms with Crippen LogP contribution in [0.4, 0.5) is 0 Å². The van der Waals surface area contributed by atoms with Gasteiger partial charge in [-0.1, -0.05) is 31.9 Å². The molecular weight excluding hydrogens is 518 g/mol. The summed E-state index contributed by atoms with van der Waals surface area (Å²) in [6.07, 6.45) is 6.16.